The standard InChI is InChI=1S/C46H63N5O6/c1-46(2,3)50-44(55)40-26-25-33-11-7-10-14-39(33)51(40)29-36-27-41(34-21-19-32(30-52)20-22-34)57-45(56-36)35-23-17-31(18-24-35)28-48-42(53)15-5-4-6-16-43(54)49-38-13-9-8-12-37(38)47/h8-9,12-13,17-24,33,36,39-41,45,52H,4-7,10-11,14-16,25-30,47H2,1-3H3,(H,48,53)(H,49,54)(H,50,55)/t33-,36+,39-,40-,41-,45-/m1/s1. The van der Waals surface area contributed by atoms with E-state index in [-0.39, 0.29) is 48.1 Å². The molecule has 0 spiro atoms. The summed E-state index contributed by atoms with van der Waals surface area (Å²) in [7, 11) is 0. The number of para-hydroxylation sites is 2. The maximum atomic E-state index is 13.8. The summed E-state index contributed by atoms with van der Waals surface area (Å²) in [6.45, 7) is 7.15. The molecule has 0 radical (unpaired) electrons. The zero-order valence-corrected chi connectivity index (χ0v) is 34.0. The number of aliphatic hydroxyl groups is 1. The van der Waals surface area contributed by atoms with Gasteiger partial charge < -0.3 is 36.3 Å². The summed E-state index contributed by atoms with van der Waals surface area (Å²) in [4.78, 5) is 41.2. The largest absolute Gasteiger partial charge is 0.397 e. The molecule has 0 bridgehead atoms. The van der Waals surface area contributed by atoms with Crippen molar-refractivity contribution < 1.29 is 29.0 Å². The Morgan fingerprint density at radius 2 is 1.49 bits per heavy atom. The molecule has 3 aliphatic rings. The van der Waals surface area contributed by atoms with Crippen LogP contribution in [0.4, 0.5) is 11.4 Å². The number of anilines is 2. The molecule has 2 heterocycles. The van der Waals surface area contributed by atoms with Crippen molar-refractivity contribution in [3.05, 3.63) is 95.1 Å². The fourth-order valence-corrected chi connectivity index (χ4v) is 8.65. The summed E-state index contributed by atoms with van der Waals surface area (Å²) >= 11 is 0. The third-order valence-electron chi connectivity index (χ3n) is 11.6. The quantitative estimate of drug-likeness (QED) is 0.0787. The number of hydrogen-bond acceptors (Lipinski definition) is 8. The Balaban J connectivity index is 1.05. The van der Waals surface area contributed by atoms with Gasteiger partial charge in [0.1, 0.15) is 0 Å². The number of nitrogens with two attached hydrogens (primary N) is 1. The first kappa shape index (κ1) is 42.3. The number of fused-ring (bicyclic) bond motifs is 1. The van der Waals surface area contributed by atoms with Gasteiger partial charge in [-0.15, -0.1) is 0 Å². The molecule has 2 saturated heterocycles. The molecule has 3 amide bonds. The number of unbranched alkanes of at least 4 members (excludes halogenated alkanes) is 2. The molecule has 0 unspecified atom stereocenters. The van der Waals surface area contributed by atoms with Crippen LogP contribution in [0.15, 0.2) is 72.8 Å². The Morgan fingerprint density at radius 1 is 0.807 bits per heavy atom. The van der Waals surface area contributed by atoms with Crippen LogP contribution in [0.1, 0.15) is 132 Å². The summed E-state index contributed by atoms with van der Waals surface area (Å²) in [5, 5.41) is 18.8. The van der Waals surface area contributed by atoms with Crippen molar-refractivity contribution in [2.24, 2.45) is 5.92 Å². The number of aliphatic hydroxyl groups excluding tert-OH is 1. The van der Waals surface area contributed by atoms with Crippen molar-refractivity contribution in [3.8, 4) is 0 Å². The molecule has 6 atom stereocenters. The number of nitrogens with one attached hydrogen (secondary N) is 3. The fraction of sp³-hybridized carbons (Fsp3) is 0.543. The van der Waals surface area contributed by atoms with Crippen LogP contribution in [0.25, 0.3) is 0 Å². The van der Waals surface area contributed by atoms with Crippen LogP contribution in [-0.4, -0.2) is 58.0 Å². The van der Waals surface area contributed by atoms with Crippen molar-refractivity contribution >= 4 is 29.1 Å². The molecule has 1 aliphatic carbocycles. The number of piperidine rings is 1. The molecule has 0 aromatic heterocycles. The summed E-state index contributed by atoms with van der Waals surface area (Å²) in [6, 6.07) is 23.3. The van der Waals surface area contributed by atoms with Gasteiger partial charge in [-0.2, -0.15) is 0 Å². The first-order valence-electron chi connectivity index (χ1n) is 21.0. The molecule has 6 rings (SSSR count). The fourth-order valence-electron chi connectivity index (χ4n) is 8.65. The third kappa shape index (κ3) is 12.1. The van der Waals surface area contributed by atoms with Crippen molar-refractivity contribution in [1.29, 1.82) is 0 Å². The number of amides is 3. The van der Waals surface area contributed by atoms with Gasteiger partial charge in [-0.25, -0.2) is 0 Å². The van der Waals surface area contributed by atoms with Crippen LogP contribution >= 0.6 is 0 Å². The Bertz CT molecular complexity index is 1780. The predicted molar refractivity (Wildman–Crippen MR) is 223 cm³/mol. The van der Waals surface area contributed by atoms with E-state index in [0.29, 0.717) is 68.5 Å². The predicted octanol–water partition coefficient (Wildman–Crippen LogP) is 7.45. The van der Waals surface area contributed by atoms with Crippen molar-refractivity contribution in [2.75, 3.05) is 17.6 Å². The minimum absolute atomic E-state index is 0.0191. The lowest BCUT2D eigenvalue weighted by Crippen LogP contribution is -2.61. The summed E-state index contributed by atoms with van der Waals surface area (Å²) in [6.07, 6.45) is 9.26. The van der Waals surface area contributed by atoms with Gasteiger partial charge in [-0.1, -0.05) is 79.9 Å². The van der Waals surface area contributed by atoms with Crippen LogP contribution in [0, 0.1) is 5.92 Å². The molecule has 308 valence electrons. The average molecular weight is 782 g/mol. The van der Waals surface area contributed by atoms with E-state index in [1.807, 2.05) is 81.4 Å². The van der Waals surface area contributed by atoms with Gasteiger partial charge in [-0.05, 0) is 94.0 Å². The van der Waals surface area contributed by atoms with E-state index in [1.54, 1.807) is 12.1 Å². The highest BCUT2D eigenvalue weighted by Crippen LogP contribution is 2.42. The van der Waals surface area contributed by atoms with E-state index < -0.39 is 6.29 Å². The van der Waals surface area contributed by atoms with E-state index >= 15 is 0 Å². The number of rotatable bonds is 15. The lowest BCUT2D eigenvalue weighted by molar-refractivity contribution is -0.255. The molecule has 11 heteroatoms. The van der Waals surface area contributed by atoms with E-state index in [1.165, 1.54) is 19.3 Å². The summed E-state index contributed by atoms with van der Waals surface area (Å²) in [5.41, 5.74) is 10.5. The van der Waals surface area contributed by atoms with Crippen LogP contribution in [0.2, 0.25) is 0 Å². The van der Waals surface area contributed by atoms with Gasteiger partial charge in [-0.3, -0.25) is 19.3 Å². The summed E-state index contributed by atoms with van der Waals surface area (Å²) < 4.78 is 13.5. The molecule has 3 fully saturated rings. The van der Waals surface area contributed by atoms with Gasteiger partial charge in [0, 0.05) is 49.5 Å². The smallest absolute Gasteiger partial charge is 0.237 e. The molecular formula is C46H63N5O6. The second-order valence-corrected chi connectivity index (χ2v) is 17.2. The van der Waals surface area contributed by atoms with Crippen LogP contribution < -0.4 is 21.7 Å². The topological polar surface area (TPSA) is 155 Å². The number of hydrogen-bond donors (Lipinski definition) is 5. The van der Waals surface area contributed by atoms with Crippen LogP contribution in [0.3, 0.4) is 0 Å². The van der Waals surface area contributed by atoms with Gasteiger partial charge in [0.25, 0.3) is 0 Å². The number of carbonyl (C=O) groups is 3. The molecule has 3 aromatic rings. The number of likely N-dealkylation sites (tertiary alicyclic amines) is 1. The minimum atomic E-state index is -0.615. The molecule has 6 N–H and O–H groups in total. The van der Waals surface area contributed by atoms with Crippen LogP contribution in [-0.2, 0) is 37.0 Å². The monoisotopic (exact) mass is 781 g/mol. The van der Waals surface area contributed by atoms with E-state index in [0.717, 1.165) is 47.9 Å². The second kappa shape index (κ2) is 19.9. The Hall–Kier alpha value is -4.29. The molecular weight excluding hydrogens is 719 g/mol. The number of benzene rings is 3. The number of carbonyl (C=O) groups excluding carboxylic acids is 3. The van der Waals surface area contributed by atoms with Crippen LogP contribution in [0.5, 0.6) is 0 Å². The van der Waals surface area contributed by atoms with Gasteiger partial charge in [0.2, 0.25) is 17.7 Å². The molecule has 57 heavy (non-hydrogen) atoms. The second-order valence-electron chi connectivity index (χ2n) is 17.2. The SMILES string of the molecule is CC(C)(C)NC(=O)[C@H]1CC[C@H]2CCCC[C@H]2N1C[C@@H]1C[C@H](c2ccc(CO)cc2)O[C@H](c2ccc(CNC(=O)CCCCCC(=O)Nc3ccccc3N)cc2)O1. The van der Waals surface area contributed by atoms with E-state index in [4.69, 9.17) is 15.2 Å². The zero-order chi connectivity index (χ0) is 40.4. The minimum Gasteiger partial charge on any atom is -0.397 e. The Labute approximate surface area is 338 Å². The maximum Gasteiger partial charge on any atom is 0.237 e. The molecule has 3 aromatic carbocycles. The molecule has 11 nitrogen and oxygen atoms in total. The van der Waals surface area contributed by atoms with Gasteiger partial charge >= 0.3 is 0 Å². The first-order valence-corrected chi connectivity index (χ1v) is 21.0. The normalized spacial score (nSPS) is 23.9. The lowest BCUT2D eigenvalue weighted by Gasteiger charge is -2.50. The van der Waals surface area contributed by atoms with Crippen molar-refractivity contribution in [1.82, 2.24) is 15.5 Å². The van der Waals surface area contributed by atoms with Gasteiger partial charge in [0.15, 0.2) is 6.29 Å². The Kier molecular flexibility index (Phi) is 14.8. The van der Waals surface area contributed by atoms with E-state index in [9.17, 15) is 19.5 Å². The lowest BCUT2D eigenvalue weighted by atomic mass is 9.75. The molecule has 1 saturated carbocycles. The highest BCUT2D eigenvalue weighted by Gasteiger charge is 2.44. The number of nitrogens with zero attached hydrogens (tertiary/aromatic N) is 1. The van der Waals surface area contributed by atoms with Crippen molar-refractivity contribution in [2.45, 2.75) is 147 Å². The number of ether oxygens (including phenoxy) is 2. The highest BCUT2D eigenvalue weighted by atomic mass is 16.7. The van der Waals surface area contributed by atoms with Crippen molar-refractivity contribution in [3.63, 3.8) is 0 Å². The summed E-state index contributed by atoms with van der Waals surface area (Å²) in [5.74, 6) is 0.595. The Morgan fingerprint density at radius 3 is 2.21 bits per heavy atom. The number of nitrogen functional groups attached to an aromatic ring is 1. The van der Waals surface area contributed by atoms with E-state index in [2.05, 4.69) is 20.9 Å². The third-order valence-corrected chi connectivity index (χ3v) is 11.6. The first-order chi connectivity index (χ1) is 27.5. The molecule has 2 aliphatic heterocycles. The average Bonchev–Trinajstić information content (AvgIpc) is 3.20. The maximum absolute atomic E-state index is 13.8. The zero-order valence-electron chi connectivity index (χ0n) is 34.0. The highest BCUT2D eigenvalue weighted by molar-refractivity contribution is 5.93. The van der Waals surface area contributed by atoms with Gasteiger partial charge in [0.05, 0.1) is 36.2 Å².